The number of nitrogens with one attached hydrogen (secondary N) is 1. The molecule has 1 aromatic heterocycles. The van der Waals surface area contributed by atoms with Crippen LogP contribution in [-0.4, -0.2) is 12.4 Å². The van der Waals surface area contributed by atoms with E-state index in [0.717, 1.165) is 13.0 Å². The molecule has 88 valence electrons. The van der Waals surface area contributed by atoms with Crippen molar-refractivity contribution in [1.82, 2.24) is 5.32 Å². The highest BCUT2D eigenvalue weighted by molar-refractivity contribution is 7.12. The lowest BCUT2D eigenvalue weighted by Gasteiger charge is -2.19. The van der Waals surface area contributed by atoms with Crippen molar-refractivity contribution in [3.05, 3.63) is 21.4 Å². The summed E-state index contributed by atoms with van der Waals surface area (Å²) in [4.78, 5) is 7.36. The highest BCUT2D eigenvalue weighted by Crippen LogP contribution is 2.26. The van der Waals surface area contributed by atoms with Crippen molar-refractivity contribution in [2.75, 3.05) is 6.54 Å². The van der Waals surface area contributed by atoms with E-state index in [4.69, 9.17) is 0 Å². The lowest BCUT2D eigenvalue weighted by molar-refractivity contribution is 0.655. The fourth-order valence-corrected chi connectivity index (χ4v) is 3.25. The topological polar surface area (TPSA) is 24.4 Å². The maximum Gasteiger partial charge on any atom is 0.0967 e. The minimum atomic E-state index is 0.391. The third-order valence-corrected chi connectivity index (χ3v) is 4.04. The zero-order chi connectivity index (χ0) is 11.5. The molecule has 1 aliphatic heterocycles. The molecule has 0 fully saturated rings. The minimum Gasteiger partial charge on any atom is -0.367 e. The second-order valence-corrected chi connectivity index (χ2v) is 5.98. The van der Waals surface area contributed by atoms with Gasteiger partial charge in [0.15, 0.2) is 0 Å². The van der Waals surface area contributed by atoms with Gasteiger partial charge in [0.25, 0.3) is 0 Å². The minimum absolute atomic E-state index is 0.391. The molecular formula is C13H20N2S. The molecule has 1 aromatic rings. The zero-order valence-electron chi connectivity index (χ0n) is 10.3. The molecule has 16 heavy (non-hydrogen) atoms. The van der Waals surface area contributed by atoms with E-state index >= 15 is 0 Å². The predicted molar refractivity (Wildman–Crippen MR) is 71.5 cm³/mol. The lowest BCUT2D eigenvalue weighted by Crippen LogP contribution is -2.28. The first-order chi connectivity index (χ1) is 7.66. The largest absolute Gasteiger partial charge is 0.367 e. The Bertz CT molecular complexity index is 393. The quantitative estimate of drug-likeness (QED) is 0.833. The van der Waals surface area contributed by atoms with Crippen molar-refractivity contribution in [2.24, 2.45) is 4.99 Å². The summed E-state index contributed by atoms with van der Waals surface area (Å²) in [7, 11) is 0. The monoisotopic (exact) mass is 236 g/mol. The van der Waals surface area contributed by atoms with Gasteiger partial charge in [0.2, 0.25) is 0 Å². The summed E-state index contributed by atoms with van der Waals surface area (Å²) in [5.41, 5.74) is 1.43. The molecule has 0 saturated carbocycles. The molecule has 2 heterocycles. The Kier molecular flexibility index (Phi) is 3.64. The van der Waals surface area contributed by atoms with E-state index in [1.54, 1.807) is 0 Å². The van der Waals surface area contributed by atoms with Gasteiger partial charge in [-0.3, -0.25) is 4.99 Å². The summed E-state index contributed by atoms with van der Waals surface area (Å²) in [5, 5.41) is 3.55. The van der Waals surface area contributed by atoms with Crippen LogP contribution in [0.3, 0.4) is 0 Å². The predicted octanol–water partition coefficient (Wildman–Crippen LogP) is 3.60. The maximum atomic E-state index is 4.54. The second kappa shape index (κ2) is 5.00. The van der Waals surface area contributed by atoms with Crippen LogP contribution in [0.1, 0.15) is 47.5 Å². The molecule has 1 atom stereocenters. The van der Waals surface area contributed by atoms with Crippen molar-refractivity contribution in [3.63, 3.8) is 0 Å². The van der Waals surface area contributed by atoms with E-state index in [-0.39, 0.29) is 0 Å². The average molecular weight is 236 g/mol. The van der Waals surface area contributed by atoms with E-state index < -0.39 is 0 Å². The van der Waals surface area contributed by atoms with Crippen molar-refractivity contribution in [2.45, 2.75) is 46.1 Å². The summed E-state index contributed by atoms with van der Waals surface area (Å²) in [6, 6.07) is 2.68. The SMILES string of the molecule is Cc1cc(C(C)NC2=NCCCC2)c(C)s1. The normalized spacial score (nSPS) is 18.1. The van der Waals surface area contributed by atoms with Gasteiger partial charge in [-0.25, -0.2) is 0 Å². The van der Waals surface area contributed by atoms with Crippen LogP contribution in [-0.2, 0) is 0 Å². The molecule has 0 amide bonds. The Morgan fingerprint density at radius 1 is 1.38 bits per heavy atom. The summed E-state index contributed by atoms with van der Waals surface area (Å²) in [5.74, 6) is 1.20. The molecule has 2 rings (SSSR count). The van der Waals surface area contributed by atoms with Crippen LogP contribution in [0, 0.1) is 13.8 Å². The second-order valence-electron chi connectivity index (χ2n) is 4.52. The summed E-state index contributed by atoms with van der Waals surface area (Å²) in [6.07, 6.45) is 3.64. The Balaban J connectivity index is 2.04. The number of thiophene rings is 1. The summed E-state index contributed by atoms with van der Waals surface area (Å²) in [6.45, 7) is 7.60. The molecule has 3 heteroatoms. The molecule has 0 aliphatic carbocycles. The van der Waals surface area contributed by atoms with Crippen LogP contribution in [0.4, 0.5) is 0 Å². The first-order valence-electron chi connectivity index (χ1n) is 6.03. The summed E-state index contributed by atoms with van der Waals surface area (Å²) >= 11 is 1.88. The molecule has 0 spiro atoms. The molecular weight excluding hydrogens is 216 g/mol. The van der Waals surface area contributed by atoms with Crippen LogP contribution in [0.2, 0.25) is 0 Å². The van der Waals surface area contributed by atoms with Gasteiger partial charge in [-0.15, -0.1) is 11.3 Å². The first-order valence-corrected chi connectivity index (χ1v) is 6.85. The van der Waals surface area contributed by atoms with Gasteiger partial charge in [0.1, 0.15) is 0 Å². The Morgan fingerprint density at radius 3 is 2.75 bits per heavy atom. The number of amidine groups is 1. The van der Waals surface area contributed by atoms with Gasteiger partial charge in [-0.2, -0.15) is 0 Å². The maximum absolute atomic E-state index is 4.54. The summed E-state index contributed by atoms with van der Waals surface area (Å²) < 4.78 is 0. The van der Waals surface area contributed by atoms with Crippen molar-refractivity contribution in [1.29, 1.82) is 0 Å². The molecule has 0 radical (unpaired) electrons. The van der Waals surface area contributed by atoms with Crippen LogP contribution in [0.15, 0.2) is 11.1 Å². The fraction of sp³-hybridized carbons (Fsp3) is 0.615. The van der Waals surface area contributed by atoms with Gasteiger partial charge in [-0.05, 0) is 45.2 Å². The Labute approximate surface area is 102 Å². The van der Waals surface area contributed by atoms with Gasteiger partial charge in [0.05, 0.1) is 11.9 Å². The highest BCUT2D eigenvalue weighted by atomic mass is 32.1. The van der Waals surface area contributed by atoms with Gasteiger partial charge >= 0.3 is 0 Å². The fourth-order valence-electron chi connectivity index (χ4n) is 2.22. The molecule has 2 nitrogen and oxygen atoms in total. The molecule has 1 aliphatic rings. The zero-order valence-corrected chi connectivity index (χ0v) is 11.2. The number of aliphatic imine (C=N–C) groups is 1. The van der Waals surface area contributed by atoms with Crippen molar-refractivity contribution in [3.8, 4) is 0 Å². The molecule has 1 unspecified atom stereocenters. The van der Waals surface area contributed by atoms with E-state index in [9.17, 15) is 0 Å². The van der Waals surface area contributed by atoms with Crippen LogP contribution < -0.4 is 5.32 Å². The van der Waals surface area contributed by atoms with Crippen LogP contribution >= 0.6 is 11.3 Å². The van der Waals surface area contributed by atoms with Gasteiger partial charge < -0.3 is 5.32 Å². The van der Waals surface area contributed by atoms with E-state index in [0.29, 0.717) is 6.04 Å². The molecule has 0 aromatic carbocycles. The van der Waals surface area contributed by atoms with Gasteiger partial charge in [0, 0.05) is 22.7 Å². The average Bonchev–Trinajstić information content (AvgIpc) is 2.59. The van der Waals surface area contributed by atoms with E-state index in [1.165, 1.54) is 34.0 Å². The van der Waals surface area contributed by atoms with Crippen molar-refractivity contribution < 1.29 is 0 Å². The van der Waals surface area contributed by atoms with E-state index in [1.807, 2.05) is 11.3 Å². The third kappa shape index (κ3) is 2.64. The number of rotatable bonds is 2. The smallest absolute Gasteiger partial charge is 0.0967 e. The standard InChI is InChI=1S/C13H20N2S/c1-9-8-12(11(3)16-9)10(2)15-13-6-4-5-7-14-13/h8,10H,4-7H2,1-3H3,(H,14,15). The van der Waals surface area contributed by atoms with Crippen LogP contribution in [0.5, 0.6) is 0 Å². The number of nitrogens with zero attached hydrogens (tertiary/aromatic N) is 1. The highest BCUT2D eigenvalue weighted by Gasteiger charge is 2.13. The van der Waals surface area contributed by atoms with Crippen LogP contribution in [0.25, 0.3) is 0 Å². The number of aryl methyl sites for hydroxylation is 2. The first kappa shape index (κ1) is 11.6. The number of hydrogen-bond acceptors (Lipinski definition) is 3. The third-order valence-electron chi connectivity index (χ3n) is 3.05. The molecule has 0 bridgehead atoms. The Hall–Kier alpha value is -0.830. The molecule has 1 N–H and O–H groups in total. The Morgan fingerprint density at radius 2 is 2.19 bits per heavy atom. The number of hydrogen-bond donors (Lipinski definition) is 1. The lowest BCUT2D eigenvalue weighted by atomic mass is 10.1. The van der Waals surface area contributed by atoms with Crippen molar-refractivity contribution >= 4 is 17.2 Å². The van der Waals surface area contributed by atoms with E-state index in [2.05, 4.69) is 37.1 Å². The molecule has 0 saturated heterocycles. The van der Waals surface area contributed by atoms with Gasteiger partial charge in [-0.1, -0.05) is 0 Å².